The number of rotatable bonds is 10. The lowest BCUT2D eigenvalue weighted by Gasteiger charge is -2.11. The van der Waals surface area contributed by atoms with Gasteiger partial charge in [0.2, 0.25) is 0 Å². The third-order valence-corrected chi connectivity index (χ3v) is 4.58. The number of carbonyl (C=O) groups excluding carboxylic acids is 2. The lowest BCUT2D eigenvalue weighted by molar-refractivity contribution is -0.120. The average molecular weight is 494 g/mol. The summed E-state index contributed by atoms with van der Waals surface area (Å²) in [6.07, 6.45) is 1.46. The SMILES string of the molecule is CCOc1cc(/C=N\NC(=O)CNC(=O)c2ccc(OC)c(OC)c2)cc(Br)c1OC. The Morgan fingerprint density at radius 2 is 1.77 bits per heavy atom. The summed E-state index contributed by atoms with van der Waals surface area (Å²) in [5.41, 5.74) is 3.38. The van der Waals surface area contributed by atoms with Crippen molar-refractivity contribution < 1.29 is 28.5 Å². The Hall–Kier alpha value is -3.27. The first-order chi connectivity index (χ1) is 14.9. The van der Waals surface area contributed by atoms with Crippen molar-refractivity contribution >= 4 is 34.0 Å². The summed E-state index contributed by atoms with van der Waals surface area (Å²) in [6, 6.07) is 8.23. The number of hydrogen-bond donors (Lipinski definition) is 2. The molecule has 0 spiro atoms. The fraction of sp³-hybridized carbons (Fsp3) is 0.286. The number of ether oxygens (including phenoxy) is 4. The lowest BCUT2D eigenvalue weighted by Crippen LogP contribution is -2.34. The molecule has 0 aliphatic rings. The summed E-state index contributed by atoms with van der Waals surface area (Å²) in [4.78, 5) is 24.2. The summed E-state index contributed by atoms with van der Waals surface area (Å²) in [6.45, 7) is 2.09. The van der Waals surface area contributed by atoms with E-state index < -0.39 is 11.8 Å². The molecule has 9 nitrogen and oxygen atoms in total. The zero-order valence-corrected chi connectivity index (χ0v) is 19.2. The summed E-state index contributed by atoms with van der Waals surface area (Å²) >= 11 is 3.41. The van der Waals surface area contributed by atoms with Gasteiger partial charge >= 0.3 is 0 Å². The number of amides is 2. The van der Waals surface area contributed by atoms with Gasteiger partial charge < -0.3 is 24.3 Å². The highest BCUT2D eigenvalue weighted by Gasteiger charge is 2.12. The molecule has 0 aliphatic heterocycles. The number of hydrazone groups is 1. The molecule has 0 aliphatic carbocycles. The summed E-state index contributed by atoms with van der Waals surface area (Å²) < 4.78 is 21.8. The molecule has 2 aromatic carbocycles. The molecule has 2 aromatic rings. The van der Waals surface area contributed by atoms with Crippen LogP contribution in [0.25, 0.3) is 0 Å². The quantitative estimate of drug-likeness (QED) is 0.389. The summed E-state index contributed by atoms with van der Waals surface area (Å²) in [7, 11) is 4.53. The van der Waals surface area contributed by atoms with Gasteiger partial charge in [-0.1, -0.05) is 0 Å². The Labute approximate surface area is 188 Å². The van der Waals surface area contributed by atoms with Crippen LogP contribution in [0.4, 0.5) is 0 Å². The lowest BCUT2D eigenvalue weighted by atomic mass is 10.2. The van der Waals surface area contributed by atoms with Gasteiger partial charge in [0.1, 0.15) is 0 Å². The Morgan fingerprint density at radius 1 is 1.03 bits per heavy atom. The predicted octanol–water partition coefficient (Wildman–Crippen LogP) is 2.75. The first kappa shape index (κ1) is 24.0. The second kappa shape index (κ2) is 11.8. The Kier molecular flexibility index (Phi) is 9.13. The molecule has 0 fully saturated rings. The van der Waals surface area contributed by atoms with Crippen LogP contribution in [0.3, 0.4) is 0 Å². The van der Waals surface area contributed by atoms with Crippen LogP contribution >= 0.6 is 15.9 Å². The third-order valence-electron chi connectivity index (χ3n) is 3.99. The molecule has 2 rings (SSSR count). The van der Waals surface area contributed by atoms with E-state index in [1.54, 1.807) is 31.4 Å². The van der Waals surface area contributed by atoms with E-state index in [4.69, 9.17) is 18.9 Å². The van der Waals surface area contributed by atoms with E-state index in [9.17, 15) is 9.59 Å². The van der Waals surface area contributed by atoms with Gasteiger partial charge in [-0.3, -0.25) is 9.59 Å². The maximum Gasteiger partial charge on any atom is 0.259 e. The molecule has 0 saturated heterocycles. The molecule has 0 saturated carbocycles. The normalized spacial score (nSPS) is 10.5. The van der Waals surface area contributed by atoms with Crippen molar-refractivity contribution in [2.45, 2.75) is 6.92 Å². The fourth-order valence-corrected chi connectivity index (χ4v) is 3.20. The molecule has 0 aromatic heterocycles. The van der Waals surface area contributed by atoms with Crippen molar-refractivity contribution in [3.8, 4) is 23.0 Å². The third kappa shape index (κ3) is 6.61. The predicted molar refractivity (Wildman–Crippen MR) is 119 cm³/mol. The van der Waals surface area contributed by atoms with E-state index >= 15 is 0 Å². The van der Waals surface area contributed by atoms with Crippen LogP contribution in [0.5, 0.6) is 23.0 Å². The number of halogens is 1. The highest BCUT2D eigenvalue weighted by atomic mass is 79.9. The minimum absolute atomic E-state index is 0.249. The number of hydrogen-bond acceptors (Lipinski definition) is 7. The first-order valence-corrected chi connectivity index (χ1v) is 10.0. The number of methoxy groups -OCH3 is 3. The zero-order valence-electron chi connectivity index (χ0n) is 17.7. The van der Waals surface area contributed by atoms with E-state index in [-0.39, 0.29) is 6.54 Å². The van der Waals surface area contributed by atoms with E-state index in [2.05, 4.69) is 31.8 Å². The molecule has 0 heterocycles. The second-order valence-corrected chi connectivity index (χ2v) is 6.87. The summed E-state index contributed by atoms with van der Waals surface area (Å²) in [5.74, 6) is 1.13. The molecule has 166 valence electrons. The van der Waals surface area contributed by atoms with Crippen LogP contribution < -0.4 is 29.7 Å². The highest BCUT2D eigenvalue weighted by Crippen LogP contribution is 2.36. The highest BCUT2D eigenvalue weighted by molar-refractivity contribution is 9.10. The largest absolute Gasteiger partial charge is 0.493 e. The minimum atomic E-state index is -0.484. The monoisotopic (exact) mass is 493 g/mol. The van der Waals surface area contributed by atoms with Crippen LogP contribution in [0, 0.1) is 0 Å². The topological polar surface area (TPSA) is 107 Å². The number of carbonyl (C=O) groups is 2. The molecule has 2 amide bonds. The number of nitrogens with zero attached hydrogens (tertiary/aromatic N) is 1. The van der Waals surface area contributed by atoms with Crippen molar-refractivity contribution in [1.82, 2.24) is 10.7 Å². The standard InChI is InChI=1S/C21H24BrN3O6/c1-5-31-18-9-13(8-15(22)20(18)30-4)11-24-25-19(26)12-23-21(27)14-6-7-16(28-2)17(10-14)29-3/h6-11H,5,12H2,1-4H3,(H,23,27)(H,25,26)/b24-11-. The van der Waals surface area contributed by atoms with Gasteiger partial charge in [0.15, 0.2) is 23.0 Å². The number of benzene rings is 2. The second-order valence-electron chi connectivity index (χ2n) is 6.01. The van der Waals surface area contributed by atoms with Gasteiger partial charge in [0.05, 0.1) is 45.2 Å². The molecular weight excluding hydrogens is 470 g/mol. The molecule has 2 N–H and O–H groups in total. The van der Waals surface area contributed by atoms with Crippen LogP contribution in [0.2, 0.25) is 0 Å². The van der Waals surface area contributed by atoms with Gasteiger partial charge in [-0.2, -0.15) is 5.10 Å². The zero-order chi connectivity index (χ0) is 22.8. The van der Waals surface area contributed by atoms with E-state index in [1.165, 1.54) is 26.5 Å². The molecular formula is C21H24BrN3O6. The van der Waals surface area contributed by atoms with Crippen molar-refractivity contribution in [3.63, 3.8) is 0 Å². The average Bonchev–Trinajstić information content (AvgIpc) is 2.77. The van der Waals surface area contributed by atoms with Gasteiger partial charge in [-0.25, -0.2) is 5.43 Å². The fourth-order valence-electron chi connectivity index (χ4n) is 2.58. The molecule has 0 bridgehead atoms. The van der Waals surface area contributed by atoms with Crippen molar-refractivity contribution in [2.24, 2.45) is 5.10 Å². The van der Waals surface area contributed by atoms with Gasteiger partial charge in [-0.15, -0.1) is 0 Å². The van der Waals surface area contributed by atoms with Crippen LogP contribution in [0.15, 0.2) is 39.9 Å². The van der Waals surface area contributed by atoms with E-state index in [1.807, 2.05) is 6.92 Å². The van der Waals surface area contributed by atoms with E-state index in [0.29, 0.717) is 45.2 Å². The van der Waals surface area contributed by atoms with Crippen LogP contribution in [-0.2, 0) is 4.79 Å². The Morgan fingerprint density at radius 3 is 2.42 bits per heavy atom. The first-order valence-electron chi connectivity index (χ1n) is 9.25. The van der Waals surface area contributed by atoms with Gasteiger partial charge in [-0.05, 0) is 58.7 Å². The van der Waals surface area contributed by atoms with Crippen molar-refractivity contribution in [1.29, 1.82) is 0 Å². The summed E-state index contributed by atoms with van der Waals surface area (Å²) in [5, 5.41) is 6.43. The molecule has 10 heteroatoms. The maximum atomic E-state index is 12.3. The molecule has 0 atom stereocenters. The number of nitrogens with one attached hydrogen (secondary N) is 2. The van der Waals surface area contributed by atoms with Gasteiger partial charge in [0.25, 0.3) is 11.8 Å². The minimum Gasteiger partial charge on any atom is -0.493 e. The molecule has 31 heavy (non-hydrogen) atoms. The molecule has 0 unspecified atom stereocenters. The smallest absolute Gasteiger partial charge is 0.259 e. The van der Waals surface area contributed by atoms with Crippen molar-refractivity contribution in [3.05, 3.63) is 45.9 Å². The van der Waals surface area contributed by atoms with Crippen LogP contribution in [0.1, 0.15) is 22.8 Å². The maximum absolute atomic E-state index is 12.3. The Balaban J connectivity index is 1.93. The van der Waals surface area contributed by atoms with Crippen LogP contribution in [-0.4, -0.2) is 52.5 Å². The van der Waals surface area contributed by atoms with Crippen molar-refractivity contribution in [2.75, 3.05) is 34.5 Å². The molecule has 0 radical (unpaired) electrons. The van der Waals surface area contributed by atoms with Gasteiger partial charge in [0, 0.05) is 5.56 Å². The Bertz CT molecular complexity index is 964. The van der Waals surface area contributed by atoms with E-state index in [0.717, 1.165) is 0 Å².